The maximum Gasteiger partial charge on any atom is 0.127 e. The number of hydrogen-bond donors (Lipinski definition) is 0. The van der Waals surface area contributed by atoms with Gasteiger partial charge in [0.15, 0.2) is 0 Å². The van der Waals surface area contributed by atoms with Crippen LogP contribution in [0, 0.1) is 11.3 Å². The van der Waals surface area contributed by atoms with Crippen LogP contribution in [-0.2, 0) is 11.3 Å². The molecular formula is C17H25NO2. The molecule has 0 aromatic carbocycles. The van der Waals surface area contributed by atoms with Gasteiger partial charge in [-0.2, -0.15) is 0 Å². The summed E-state index contributed by atoms with van der Waals surface area (Å²) in [6.45, 7) is 4.06. The molecule has 1 heterocycles. The first-order valence-electron chi connectivity index (χ1n) is 7.93. The highest BCUT2D eigenvalue weighted by Crippen LogP contribution is 2.40. The van der Waals surface area contributed by atoms with Crippen LogP contribution in [0.15, 0.2) is 22.8 Å². The Kier molecular flexibility index (Phi) is 3.97. The zero-order valence-electron chi connectivity index (χ0n) is 12.4. The monoisotopic (exact) mass is 275 g/mol. The van der Waals surface area contributed by atoms with Crippen LogP contribution >= 0.6 is 0 Å². The standard InChI is InChI=1S/C17H25NO2/c1-14-6-8-17(13-19,9-7-14)12-18(15-4-5-15)11-16-3-2-10-20-16/h2-3,10,13-15H,4-9,11-12H2,1H3. The van der Waals surface area contributed by atoms with Crippen LogP contribution in [0.2, 0.25) is 0 Å². The maximum atomic E-state index is 11.7. The highest BCUT2D eigenvalue weighted by Gasteiger charge is 2.39. The summed E-state index contributed by atoms with van der Waals surface area (Å²) in [4.78, 5) is 14.2. The number of nitrogens with zero attached hydrogens (tertiary/aromatic N) is 1. The first-order valence-corrected chi connectivity index (χ1v) is 7.93. The van der Waals surface area contributed by atoms with Crippen molar-refractivity contribution in [1.29, 1.82) is 0 Å². The van der Waals surface area contributed by atoms with Gasteiger partial charge in [0.05, 0.1) is 12.8 Å². The van der Waals surface area contributed by atoms with E-state index in [-0.39, 0.29) is 5.41 Å². The second-order valence-electron chi connectivity index (χ2n) is 6.88. The molecule has 3 rings (SSSR count). The van der Waals surface area contributed by atoms with Crippen molar-refractivity contribution in [3.63, 3.8) is 0 Å². The zero-order chi connectivity index (χ0) is 14.0. The fraction of sp³-hybridized carbons (Fsp3) is 0.706. The van der Waals surface area contributed by atoms with Crippen molar-refractivity contribution in [3.05, 3.63) is 24.2 Å². The molecule has 1 aromatic heterocycles. The number of furan rings is 1. The maximum absolute atomic E-state index is 11.7. The fourth-order valence-electron chi connectivity index (χ4n) is 3.41. The third-order valence-electron chi connectivity index (χ3n) is 5.04. The lowest BCUT2D eigenvalue weighted by atomic mass is 9.71. The minimum atomic E-state index is -0.109. The van der Waals surface area contributed by atoms with Crippen LogP contribution in [0.4, 0.5) is 0 Å². The zero-order valence-corrected chi connectivity index (χ0v) is 12.4. The third-order valence-corrected chi connectivity index (χ3v) is 5.04. The Bertz CT molecular complexity index is 428. The van der Waals surface area contributed by atoms with Gasteiger partial charge >= 0.3 is 0 Å². The van der Waals surface area contributed by atoms with Gasteiger partial charge in [0.1, 0.15) is 12.0 Å². The van der Waals surface area contributed by atoms with E-state index in [0.717, 1.165) is 37.6 Å². The molecule has 20 heavy (non-hydrogen) atoms. The molecule has 0 radical (unpaired) electrons. The topological polar surface area (TPSA) is 33.5 Å². The largest absolute Gasteiger partial charge is 0.468 e. The van der Waals surface area contributed by atoms with Gasteiger partial charge < -0.3 is 9.21 Å². The molecule has 2 aliphatic carbocycles. The number of carbonyl (C=O) groups excluding carboxylic acids is 1. The molecular weight excluding hydrogens is 250 g/mol. The van der Waals surface area contributed by atoms with E-state index in [2.05, 4.69) is 11.8 Å². The molecule has 0 amide bonds. The van der Waals surface area contributed by atoms with Crippen LogP contribution in [0.1, 0.15) is 51.2 Å². The molecule has 1 aromatic rings. The van der Waals surface area contributed by atoms with Crippen LogP contribution in [0.3, 0.4) is 0 Å². The molecule has 110 valence electrons. The molecule has 3 nitrogen and oxygen atoms in total. The fourth-order valence-corrected chi connectivity index (χ4v) is 3.41. The van der Waals surface area contributed by atoms with Gasteiger partial charge in [-0.1, -0.05) is 6.92 Å². The Morgan fingerprint density at radius 3 is 2.65 bits per heavy atom. The van der Waals surface area contributed by atoms with E-state index in [1.807, 2.05) is 12.1 Å². The summed E-state index contributed by atoms with van der Waals surface area (Å²) >= 11 is 0. The van der Waals surface area contributed by atoms with E-state index in [0.29, 0.717) is 6.04 Å². The lowest BCUT2D eigenvalue weighted by Crippen LogP contribution is -2.42. The molecule has 0 spiro atoms. The van der Waals surface area contributed by atoms with E-state index >= 15 is 0 Å². The van der Waals surface area contributed by atoms with Gasteiger partial charge in [-0.3, -0.25) is 4.90 Å². The van der Waals surface area contributed by atoms with Crippen molar-refractivity contribution in [1.82, 2.24) is 4.90 Å². The molecule has 0 unspecified atom stereocenters. The third kappa shape index (κ3) is 3.14. The van der Waals surface area contributed by atoms with Crippen molar-refractivity contribution in [3.8, 4) is 0 Å². The molecule has 2 saturated carbocycles. The summed E-state index contributed by atoms with van der Waals surface area (Å²) in [5.74, 6) is 1.80. The Hall–Kier alpha value is -1.09. The Morgan fingerprint density at radius 2 is 2.10 bits per heavy atom. The molecule has 0 aliphatic heterocycles. The highest BCUT2D eigenvalue weighted by molar-refractivity contribution is 5.60. The van der Waals surface area contributed by atoms with Crippen molar-refractivity contribution < 1.29 is 9.21 Å². The van der Waals surface area contributed by atoms with Crippen molar-refractivity contribution >= 4 is 6.29 Å². The van der Waals surface area contributed by atoms with Crippen LogP contribution < -0.4 is 0 Å². The van der Waals surface area contributed by atoms with E-state index in [1.165, 1.54) is 32.0 Å². The molecule has 0 atom stereocenters. The summed E-state index contributed by atoms with van der Waals surface area (Å²) in [7, 11) is 0. The molecule has 0 N–H and O–H groups in total. The smallest absolute Gasteiger partial charge is 0.127 e. The summed E-state index contributed by atoms with van der Waals surface area (Å²) in [6, 6.07) is 4.64. The lowest BCUT2D eigenvalue weighted by Gasteiger charge is -2.38. The molecule has 2 fully saturated rings. The average Bonchev–Trinajstić information content (AvgIpc) is 3.19. The first kappa shape index (κ1) is 13.9. The Balaban J connectivity index is 1.67. The summed E-state index contributed by atoms with van der Waals surface area (Å²) < 4.78 is 5.48. The van der Waals surface area contributed by atoms with Gasteiger partial charge in [-0.15, -0.1) is 0 Å². The molecule has 0 bridgehead atoms. The van der Waals surface area contributed by atoms with E-state index in [9.17, 15) is 4.79 Å². The number of rotatable bonds is 6. The minimum absolute atomic E-state index is 0.109. The summed E-state index contributed by atoms with van der Waals surface area (Å²) in [6.07, 6.45) is 10.0. The van der Waals surface area contributed by atoms with E-state index < -0.39 is 0 Å². The second-order valence-corrected chi connectivity index (χ2v) is 6.88. The van der Waals surface area contributed by atoms with Crippen molar-refractivity contribution in [2.45, 2.75) is 58.0 Å². The van der Waals surface area contributed by atoms with Crippen molar-refractivity contribution in [2.24, 2.45) is 11.3 Å². The van der Waals surface area contributed by atoms with E-state index in [1.54, 1.807) is 6.26 Å². The summed E-state index contributed by atoms with van der Waals surface area (Å²) in [5.41, 5.74) is -0.109. The predicted octanol–water partition coefficient (Wildman–Crippen LogP) is 3.64. The second kappa shape index (κ2) is 5.72. The van der Waals surface area contributed by atoms with Crippen LogP contribution in [0.25, 0.3) is 0 Å². The van der Waals surface area contributed by atoms with Gasteiger partial charge in [0, 0.05) is 18.0 Å². The molecule has 2 aliphatic rings. The number of hydrogen-bond acceptors (Lipinski definition) is 3. The predicted molar refractivity (Wildman–Crippen MR) is 78.3 cm³/mol. The van der Waals surface area contributed by atoms with Crippen LogP contribution in [-0.4, -0.2) is 23.8 Å². The Morgan fingerprint density at radius 1 is 1.35 bits per heavy atom. The lowest BCUT2D eigenvalue weighted by molar-refractivity contribution is -0.120. The van der Waals surface area contributed by atoms with Gasteiger partial charge in [0.2, 0.25) is 0 Å². The average molecular weight is 275 g/mol. The quantitative estimate of drug-likeness (QED) is 0.743. The van der Waals surface area contributed by atoms with Gasteiger partial charge in [0.25, 0.3) is 0 Å². The SMILES string of the molecule is CC1CCC(C=O)(CN(Cc2ccco2)C2CC2)CC1. The van der Waals surface area contributed by atoms with Gasteiger partial charge in [-0.05, 0) is 56.6 Å². The van der Waals surface area contributed by atoms with Crippen LogP contribution in [0.5, 0.6) is 0 Å². The normalized spacial score (nSPS) is 30.6. The minimum Gasteiger partial charge on any atom is -0.468 e. The molecule has 3 heteroatoms. The summed E-state index contributed by atoms with van der Waals surface area (Å²) in [5, 5.41) is 0. The number of aldehydes is 1. The highest BCUT2D eigenvalue weighted by atomic mass is 16.3. The van der Waals surface area contributed by atoms with Gasteiger partial charge in [-0.25, -0.2) is 0 Å². The van der Waals surface area contributed by atoms with E-state index in [4.69, 9.17) is 4.42 Å². The van der Waals surface area contributed by atoms with Crippen molar-refractivity contribution in [2.75, 3.05) is 6.54 Å². The number of carbonyl (C=O) groups is 1. The first-order chi connectivity index (χ1) is 9.71. The Labute approximate surface area is 121 Å². The molecule has 0 saturated heterocycles.